The highest BCUT2D eigenvalue weighted by Crippen LogP contribution is 2.35. The maximum Gasteiger partial charge on any atom is 0.295 e. The van der Waals surface area contributed by atoms with Crippen LogP contribution in [0.2, 0.25) is 0 Å². The molecule has 5 N–H and O–H groups in total. The molecule has 0 unspecified atom stereocenters. The first-order chi connectivity index (χ1) is 23.1. The standard InChI is InChI=1S/C35H32N2O9S3.H2O/c1-2-37(24-26-9-21-32(22-10-26)48(41,42)43)30-17-13-28(14-18-30)35(33-5-3-4-6-34(33)49(44,45)46)27-11-15-29(16-12-27)36-23-25-7-19-31(20-8-25)47(38,39)40;/h3-22H,2,23-24H2,1H3,(H,38,39,40)(H,41,42,43)(H,44,45,46);1H2. The van der Waals surface area contributed by atoms with Gasteiger partial charge >= 0.3 is 0 Å². The minimum atomic E-state index is -4.58. The molecule has 0 aromatic heterocycles. The van der Waals surface area contributed by atoms with Gasteiger partial charge in [-0.15, -0.1) is 0 Å². The lowest BCUT2D eigenvalue weighted by Gasteiger charge is -2.24. The van der Waals surface area contributed by atoms with Gasteiger partial charge < -0.3 is 10.4 Å². The van der Waals surface area contributed by atoms with Crippen molar-refractivity contribution in [2.75, 3.05) is 11.4 Å². The quantitative estimate of drug-likeness (QED) is 0.171. The Bertz CT molecular complexity index is 2290. The second-order valence-electron chi connectivity index (χ2n) is 11.0. The van der Waals surface area contributed by atoms with Crippen molar-refractivity contribution >= 4 is 47.3 Å². The highest BCUT2D eigenvalue weighted by Gasteiger charge is 2.21. The summed E-state index contributed by atoms with van der Waals surface area (Å²) in [4.78, 5) is 5.97. The van der Waals surface area contributed by atoms with Gasteiger partial charge in [-0.1, -0.05) is 66.7 Å². The molecule has 0 atom stereocenters. The summed E-state index contributed by atoms with van der Waals surface area (Å²) in [5, 5.41) is 0. The molecule has 0 saturated heterocycles. The van der Waals surface area contributed by atoms with Crippen molar-refractivity contribution in [3.8, 4) is 0 Å². The number of nitrogens with zero attached hydrogens (tertiary/aromatic N) is 2. The lowest BCUT2D eigenvalue weighted by atomic mass is 9.90. The zero-order valence-corrected chi connectivity index (χ0v) is 29.0. The smallest absolute Gasteiger partial charge is 0.295 e. The van der Waals surface area contributed by atoms with Gasteiger partial charge in [0.1, 0.15) is 4.90 Å². The molecule has 0 spiro atoms. The maximum absolute atomic E-state index is 12.4. The molecule has 1 aliphatic rings. The Morgan fingerprint density at radius 2 is 1.16 bits per heavy atom. The lowest BCUT2D eigenvalue weighted by Crippen LogP contribution is -2.22. The Balaban J connectivity index is 0.00000562. The predicted molar refractivity (Wildman–Crippen MR) is 191 cm³/mol. The fraction of sp³-hybridized carbons (Fsp3) is 0.114. The number of aliphatic imine (C=N–C) groups is 1. The fourth-order valence-corrected chi connectivity index (χ4v) is 6.93. The van der Waals surface area contributed by atoms with Gasteiger partial charge in [0.2, 0.25) is 0 Å². The van der Waals surface area contributed by atoms with Gasteiger partial charge in [-0.05, 0) is 89.4 Å². The molecule has 0 bridgehead atoms. The lowest BCUT2D eigenvalue weighted by molar-refractivity contribution is 0.480. The van der Waals surface area contributed by atoms with Crippen LogP contribution >= 0.6 is 0 Å². The van der Waals surface area contributed by atoms with Gasteiger partial charge in [-0.25, -0.2) is 0 Å². The SMILES string of the molecule is CCN(Cc1ccc(S(=O)(=O)O)cc1)c1ccc(C(=C2C=CC(=NCc3ccc(S(=O)(=O)O)cc3)C=C2)c2ccccc2S(=O)(=O)O)cc1.O. The molecular weight excluding hydrogens is 705 g/mol. The van der Waals surface area contributed by atoms with Gasteiger partial charge in [-0.2, -0.15) is 25.3 Å². The van der Waals surface area contributed by atoms with Crippen molar-refractivity contribution in [1.82, 2.24) is 0 Å². The minimum absolute atomic E-state index is 0. The van der Waals surface area contributed by atoms with Crippen molar-refractivity contribution in [3.63, 3.8) is 0 Å². The maximum atomic E-state index is 12.4. The van der Waals surface area contributed by atoms with E-state index >= 15 is 0 Å². The summed E-state index contributed by atoms with van der Waals surface area (Å²) in [5.41, 5.74) is 5.21. The Kier molecular flexibility index (Phi) is 11.8. The second kappa shape index (κ2) is 15.4. The highest BCUT2D eigenvalue weighted by atomic mass is 32.2. The van der Waals surface area contributed by atoms with Crippen molar-refractivity contribution in [2.45, 2.75) is 34.7 Å². The summed E-state index contributed by atoms with van der Waals surface area (Å²) in [7, 11) is -13.2. The van der Waals surface area contributed by atoms with Crippen LogP contribution in [-0.4, -0.2) is 56.6 Å². The van der Waals surface area contributed by atoms with Crippen LogP contribution in [0.1, 0.15) is 29.2 Å². The summed E-state index contributed by atoms with van der Waals surface area (Å²) < 4.78 is 98.9. The van der Waals surface area contributed by atoms with E-state index in [0.29, 0.717) is 41.1 Å². The Morgan fingerprint density at radius 3 is 1.66 bits per heavy atom. The monoisotopic (exact) mass is 738 g/mol. The summed E-state index contributed by atoms with van der Waals surface area (Å²) in [5.74, 6) is 0. The third-order valence-corrected chi connectivity index (χ3v) is 10.4. The number of allylic oxidation sites excluding steroid dienone is 5. The van der Waals surface area contributed by atoms with E-state index in [1.165, 1.54) is 36.4 Å². The van der Waals surface area contributed by atoms with Crippen LogP contribution in [0, 0.1) is 0 Å². The van der Waals surface area contributed by atoms with Crippen molar-refractivity contribution in [1.29, 1.82) is 0 Å². The molecule has 1 aliphatic carbocycles. The van der Waals surface area contributed by atoms with E-state index in [4.69, 9.17) is 0 Å². The first-order valence-corrected chi connectivity index (χ1v) is 19.2. The molecule has 0 heterocycles. The van der Waals surface area contributed by atoms with Crippen molar-refractivity contribution in [2.24, 2.45) is 4.99 Å². The van der Waals surface area contributed by atoms with Crippen LogP contribution in [0.3, 0.4) is 0 Å². The zero-order chi connectivity index (χ0) is 35.4. The van der Waals surface area contributed by atoms with Crippen molar-refractivity contribution in [3.05, 3.63) is 149 Å². The molecule has 12 nitrogen and oxygen atoms in total. The van der Waals surface area contributed by atoms with E-state index < -0.39 is 30.4 Å². The topological polar surface area (TPSA) is 210 Å². The predicted octanol–water partition coefficient (Wildman–Crippen LogP) is 5.20. The van der Waals surface area contributed by atoms with E-state index in [1.54, 1.807) is 60.7 Å². The van der Waals surface area contributed by atoms with Crippen LogP contribution in [0.5, 0.6) is 0 Å². The Hall–Kier alpha value is -4.74. The Labute approximate surface area is 291 Å². The summed E-state index contributed by atoms with van der Waals surface area (Å²) in [6.45, 7) is 3.30. The van der Waals surface area contributed by atoms with Crippen LogP contribution in [-0.2, 0) is 43.4 Å². The average Bonchev–Trinajstić information content (AvgIpc) is 3.07. The van der Waals surface area contributed by atoms with Crippen LogP contribution in [0.25, 0.3) is 5.57 Å². The molecule has 0 saturated carbocycles. The average molecular weight is 739 g/mol. The number of hydrogen-bond donors (Lipinski definition) is 3. The molecule has 262 valence electrons. The van der Waals surface area contributed by atoms with E-state index in [1.807, 2.05) is 31.2 Å². The van der Waals surface area contributed by atoms with Crippen LogP contribution in [0.4, 0.5) is 5.69 Å². The molecule has 0 amide bonds. The van der Waals surface area contributed by atoms with Gasteiger partial charge in [0.25, 0.3) is 30.4 Å². The molecule has 4 aromatic carbocycles. The second-order valence-corrected chi connectivity index (χ2v) is 15.2. The summed E-state index contributed by atoms with van der Waals surface area (Å²) in [6.07, 6.45) is 7.11. The van der Waals surface area contributed by atoms with Crippen molar-refractivity contribution < 1.29 is 44.4 Å². The van der Waals surface area contributed by atoms with Gasteiger partial charge in [-0.3, -0.25) is 18.7 Å². The third kappa shape index (κ3) is 9.28. The minimum Gasteiger partial charge on any atom is -0.412 e. The number of anilines is 1. The van der Waals surface area contributed by atoms with Gasteiger partial charge in [0.15, 0.2) is 0 Å². The first kappa shape index (κ1) is 38.1. The fourth-order valence-electron chi connectivity index (χ4n) is 5.27. The molecule has 5 rings (SSSR count). The zero-order valence-electron chi connectivity index (χ0n) is 26.6. The molecule has 4 aromatic rings. The van der Waals surface area contributed by atoms with E-state index in [-0.39, 0.29) is 26.7 Å². The largest absolute Gasteiger partial charge is 0.412 e. The van der Waals surface area contributed by atoms with Gasteiger partial charge in [0.05, 0.1) is 22.0 Å². The van der Waals surface area contributed by atoms with E-state index in [9.17, 15) is 38.9 Å². The van der Waals surface area contributed by atoms with Crippen LogP contribution in [0.15, 0.2) is 147 Å². The van der Waals surface area contributed by atoms with E-state index in [2.05, 4.69) is 9.89 Å². The molecular formula is C35H34N2O10S3. The molecule has 15 heteroatoms. The van der Waals surface area contributed by atoms with Gasteiger partial charge in [0, 0.05) is 24.3 Å². The number of benzene rings is 4. The molecule has 50 heavy (non-hydrogen) atoms. The summed E-state index contributed by atoms with van der Waals surface area (Å²) >= 11 is 0. The summed E-state index contributed by atoms with van der Waals surface area (Å²) in [6, 6.07) is 25.3. The molecule has 0 aliphatic heterocycles. The third-order valence-electron chi connectivity index (χ3n) is 7.75. The number of hydrogen-bond acceptors (Lipinski definition) is 8. The Morgan fingerprint density at radius 1 is 0.640 bits per heavy atom. The van der Waals surface area contributed by atoms with Crippen LogP contribution < -0.4 is 4.90 Å². The number of rotatable bonds is 11. The highest BCUT2D eigenvalue weighted by molar-refractivity contribution is 7.86. The molecule has 0 fully saturated rings. The first-order valence-electron chi connectivity index (χ1n) is 14.8. The van der Waals surface area contributed by atoms with E-state index in [0.717, 1.165) is 16.8 Å². The normalized spacial score (nSPS) is 13.1. The molecule has 0 radical (unpaired) electrons.